The zero-order valence-corrected chi connectivity index (χ0v) is 11.6. The summed E-state index contributed by atoms with van der Waals surface area (Å²) in [7, 11) is 1.94. The lowest BCUT2D eigenvalue weighted by molar-refractivity contribution is 0.717. The van der Waals surface area contributed by atoms with Gasteiger partial charge in [0, 0.05) is 24.2 Å². The van der Waals surface area contributed by atoms with Gasteiger partial charge in [0.15, 0.2) is 0 Å². The third-order valence-corrected chi connectivity index (χ3v) is 4.91. The van der Waals surface area contributed by atoms with Gasteiger partial charge in [0.05, 0.1) is 11.2 Å². The van der Waals surface area contributed by atoms with Crippen molar-refractivity contribution in [1.82, 2.24) is 14.8 Å². The smallest absolute Gasteiger partial charge is 0.114 e. The lowest BCUT2D eigenvalue weighted by Crippen LogP contribution is -1.94. The van der Waals surface area contributed by atoms with Crippen molar-refractivity contribution >= 4 is 16.3 Å². The molecule has 18 heavy (non-hydrogen) atoms. The fraction of sp³-hybridized carbons (Fsp3) is 0.538. The minimum Gasteiger partial charge on any atom is -0.389 e. The molecule has 0 amide bonds. The first-order valence-electron chi connectivity index (χ1n) is 6.42. The summed E-state index contributed by atoms with van der Waals surface area (Å²) in [5, 5.41) is 6.30. The van der Waals surface area contributed by atoms with Gasteiger partial charge in [-0.15, -0.1) is 11.3 Å². The molecular weight excluding hydrogens is 244 g/mol. The number of nitrogens with two attached hydrogens (primary N) is 1. The molecule has 0 aromatic carbocycles. The van der Waals surface area contributed by atoms with Crippen molar-refractivity contribution in [2.45, 2.75) is 38.5 Å². The molecule has 1 fully saturated rings. The predicted molar refractivity (Wildman–Crippen MR) is 74.7 cm³/mol. The minimum absolute atomic E-state index is 0.628. The fourth-order valence-corrected chi connectivity index (χ4v) is 3.64. The third kappa shape index (κ3) is 1.82. The van der Waals surface area contributed by atoms with Crippen molar-refractivity contribution in [3.05, 3.63) is 16.9 Å². The highest BCUT2D eigenvalue weighted by molar-refractivity contribution is 7.16. The van der Waals surface area contributed by atoms with Crippen LogP contribution >= 0.6 is 11.3 Å². The summed E-state index contributed by atoms with van der Waals surface area (Å²) in [6.45, 7) is 2.05. The van der Waals surface area contributed by atoms with E-state index in [1.807, 2.05) is 17.9 Å². The van der Waals surface area contributed by atoms with Crippen LogP contribution in [0.2, 0.25) is 0 Å². The average Bonchev–Trinajstić information content (AvgIpc) is 3.03. The standard InChI is InChI=1S/C13H18N4S/c1-8-10(7-15-17(8)2)11-12(14)18-13(16-11)9-5-3-4-6-9/h7,9H,3-6,14H2,1-2H3. The van der Waals surface area contributed by atoms with Gasteiger partial charge in [-0.25, -0.2) is 4.98 Å². The van der Waals surface area contributed by atoms with Crippen molar-refractivity contribution in [1.29, 1.82) is 0 Å². The Kier molecular flexibility index (Phi) is 2.86. The van der Waals surface area contributed by atoms with Crippen LogP contribution in [0.15, 0.2) is 6.20 Å². The number of anilines is 1. The Hall–Kier alpha value is -1.36. The lowest BCUT2D eigenvalue weighted by Gasteiger charge is -2.02. The Balaban J connectivity index is 2.00. The Morgan fingerprint density at radius 2 is 2.11 bits per heavy atom. The van der Waals surface area contributed by atoms with Crippen LogP contribution in [0.1, 0.15) is 42.3 Å². The molecule has 0 unspecified atom stereocenters. The highest BCUT2D eigenvalue weighted by Crippen LogP contribution is 2.41. The van der Waals surface area contributed by atoms with Crippen LogP contribution in [0.25, 0.3) is 11.3 Å². The number of rotatable bonds is 2. The number of nitrogen functional groups attached to an aromatic ring is 1. The molecule has 0 aliphatic heterocycles. The zero-order valence-electron chi connectivity index (χ0n) is 10.8. The van der Waals surface area contributed by atoms with Crippen LogP contribution in [0.3, 0.4) is 0 Å². The van der Waals surface area contributed by atoms with Gasteiger partial charge in [0.1, 0.15) is 10.7 Å². The number of aromatic nitrogens is 3. The van der Waals surface area contributed by atoms with Gasteiger partial charge >= 0.3 is 0 Å². The van der Waals surface area contributed by atoms with E-state index in [1.165, 1.54) is 30.7 Å². The molecule has 0 bridgehead atoms. The molecule has 5 heteroatoms. The molecular formula is C13H18N4S. The molecule has 4 nitrogen and oxygen atoms in total. The molecule has 2 aromatic rings. The van der Waals surface area contributed by atoms with Gasteiger partial charge in [-0.2, -0.15) is 5.10 Å². The summed E-state index contributed by atoms with van der Waals surface area (Å²) in [5.74, 6) is 0.628. The summed E-state index contributed by atoms with van der Waals surface area (Å²) < 4.78 is 1.86. The summed E-state index contributed by atoms with van der Waals surface area (Å²) in [4.78, 5) is 4.78. The molecule has 1 aliphatic carbocycles. The summed E-state index contributed by atoms with van der Waals surface area (Å²) >= 11 is 1.65. The molecule has 1 saturated carbocycles. The number of thiazole rings is 1. The van der Waals surface area contributed by atoms with Crippen LogP contribution in [0.5, 0.6) is 0 Å². The molecule has 2 heterocycles. The van der Waals surface area contributed by atoms with Crippen LogP contribution in [0.4, 0.5) is 5.00 Å². The molecule has 96 valence electrons. The largest absolute Gasteiger partial charge is 0.389 e. The molecule has 3 rings (SSSR count). The molecule has 0 spiro atoms. The number of hydrogen-bond donors (Lipinski definition) is 1. The van der Waals surface area contributed by atoms with E-state index in [0.29, 0.717) is 5.92 Å². The van der Waals surface area contributed by atoms with Crippen molar-refractivity contribution in [2.75, 3.05) is 5.73 Å². The topological polar surface area (TPSA) is 56.7 Å². The van der Waals surface area contributed by atoms with E-state index in [2.05, 4.69) is 12.0 Å². The molecule has 0 saturated heterocycles. The van der Waals surface area contributed by atoms with Gasteiger partial charge in [0.2, 0.25) is 0 Å². The van der Waals surface area contributed by atoms with E-state index in [1.54, 1.807) is 11.3 Å². The van der Waals surface area contributed by atoms with Crippen LogP contribution in [-0.2, 0) is 7.05 Å². The number of hydrogen-bond acceptors (Lipinski definition) is 4. The second-order valence-electron chi connectivity index (χ2n) is 5.01. The van der Waals surface area contributed by atoms with E-state index in [-0.39, 0.29) is 0 Å². The van der Waals surface area contributed by atoms with E-state index < -0.39 is 0 Å². The maximum atomic E-state index is 6.14. The Morgan fingerprint density at radius 3 is 2.72 bits per heavy atom. The minimum atomic E-state index is 0.628. The van der Waals surface area contributed by atoms with Crippen molar-refractivity contribution < 1.29 is 0 Å². The summed E-state index contributed by atoms with van der Waals surface area (Å²) in [5.41, 5.74) is 9.24. The normalized spacial score (nSPS) is 16.6. The molecule has 0 radical (unpaired) electrons. The monoisotopic (exact) mass is 262 g/mol. The maximum Gasteiger partial charge on any atom is 0.114 e. The van der Waals surface area contributed by atoms with Gasteiger partial charge < -0.3 is 5.73 Å². The van der Waals surface area contributed by atoms with Gasteiger partial charge in [-0.3, -0.25) is 4.68 Å². The van der Waals surface area contributed by atoms with Crippen molar-refractivity contribution in [3.63, 3.8) is 0 Å². The molecule has 0 atom stereocenters. The van der Waals surface area contributed by atoms with E-state index in [9.17, 15) is 0 Å². The van der Waals surface area contributed by atoms with Crippen LogP contribution in [0, 0.1) is 6.92 Å². The highest BCUT2D eigenvalue weighted by Gasteiger charge is 2.23. The second kappa shape index (κ2) is 4.39. The molecule has 2 N–H and O–H groups in total. The van der Waals surface area contributed by atoms with E-state index >= 15 is 0 Å². The van der Waals surface area contributed by atoms with Gasteiger partial charge in [0.25, 0.3) is 0 Å². The number of nitrogens with zero attached hydrogens (tertiary/aromatic N) is 3. The van der Waals surface area contributed by atoms with Crippen molar-refractivity contribution in [3.8, 4) is 11.3 Å². The van der Waals surface area contributed by atoms with E-state index in [0.717, 1.165) is 22.0 Å². The summed E-state index contributed by atoms with van der Waals surface area (Å²) in [6.07, 6.45) is 7.03. The Morgan fingerprint density at radius 1 is 1.39 bits per heavy atom. The van der Waals surface area contributed by atoms with Crippen LogP contribution in [-0.4, -0.2) is 14.8 Å². The number of aryl methyl sites for hydroxylation is 1. The molecule has 1 aliphatic rings. The first-order chi connectivity index (χ1) is 8.66. The first-order valence-corrected chi connectivity index (χ1v) is 7.23. The zero-order chi connectivity index (χ0) is 12.7. The average molecular weight is 262 g/mol. The fourth-order valence-electron chi connectivity index (χ4n) is 2.62. The summed E-state index contributed by atoms with van der Waals surface area (Å²) in [6, 6.07) is 0. The van der Waals surface area contributed by atoms with Crippen LogP contribution < -0.4 is 5.73 Å². The SMILES string of the molecule is Cc1c(-c2nc(C3CCCC3)sc2N)cnn1C. The molecule has 2 aromatic heterocycles. The Labute approximate surface area is 111 Å². The second-order valence-corrected chi connectivity index (χ2v) is 6.08. The quantitative estimate of drug-likeness (QED) is 0.904. The lowest BCUT2D eigenvalue weighted by atomic mass is 10.1. The third-order valence-electron chi connectivity index (χ3n) is 3.86. The highest BCUT2D eigenvalue weighted by atomic mass is 32.1. The van der Waals surface area contributed by atoms with E-state index in [4.69, 9.17) is 10.7 Å². The van der Waals surface area contributed by atoms with Crippen molar-refractivity contribution in [2.24, 2.45) is 7.05 Å². The maximum absolute atomic E-state index is 6.14. The predicted octanol–water partition coefficient (Wildman–Crippen LogP) is 3.09. The van der Waals surface area contributed by atoms with Gasteiger partial charge in [-0.1, -0.05) is 12.8 Å². The first kappa shape index (κ1) is 11.7. The van der Waals surface area contributed by atoms with Gasteiger partial charge in [-0.05, 0) is 19.8 Å². The Bertz CT molecular complexity index is 564.